The number of carbonyl (C=O) groups is 2. The second-order valence-electron chi connectivity index (χ2n) is 5.48. The lowest BCUT2D eigenvalue weighted by molar-refractivity contribution is -0.143. The third-order valence-electron chi connectivity index (χ3n) is 3.61. The summed E-state index contributed by atoms with van der Waals surface area (Å²) in [4.78, 5) is 22.1. The summed E-state index contributed by atoms with van der Waals surface area (Å²) in [6.45, 7) is 0.453. The number of carboxylic acids is 2. The maximum Gasteiger partial charge on any atom is 0.335 e. The molecule has 25 heavy (non-hydrogen) atoms. The Morgan fingerprint density at radius 2 is 1.52 bits per heavy atom. The fourth-order valence-electron chi connectivity index (χ4n) is 2.21. The molecule has 6 heteroatoms. The first-order chi connectivity index (χ1) is 12.1. The number of aromatic carboxylic acids is 1. The number of hydrogen-bond acceptors (Lipinski definition) is 4. The van der Waals surface area contributed by atoms with E-state index in [1.54, 1.807) is 24.3 Å². The van der Waals surface area contributed by atoms with Crippen LogP contribution < -0.4 is 9.47 Å². The molecule has 0 spiro atoms. The van der Waals surface area contributed by atoms with Gasteiger partial charge in [-0.25, -0.2) is 4.79 Å². The molecule has 2 aromatic carbocycles. The molecule has 0 heterocycles. The molecule has 1 atom stereocenters. The predicted octanol–water partition coefficient (Wildman–Crippen LogP) is 3.32. The van der Waals surface area contributed by atoms with Crippen molar-refractivity contribution in [3.63, 3.8) is 0 Å². The highest BCUT2D eigenvalue weighted by molar-refractivity contribution is 5.87. The van der Waals surface area contributed by atoms with Crippen LogP contribution in [0.3, 0.4) is 0 Å². The minimum absolute atomic E-state index is 0.104. The van der Waals surface area contributed by atoms with Gasteiger partial charge in [0.15, 0.2) is 0 Å². The Balaban J connectivity index is 1.73. The smallest absolute Gasteiger partial charge is 0.335 e. The molecule has 0 amide bonds. The van der Waals surface area contributed by atoms with E-state index in [9.17, 15) is 14.7 Å². The summed E-state index contributed by atoms with van der Waals surface area (Å²) in [5, 5.41) is 18.1. The Morgan fingerprint density at radius 1 is 0.880 bits per heavy atom. The Morgan fingerprint density at radius 3 is 2.12 bits per heavy atom. The molecule has 0 bridgehead atoms. The van der Waals surface area contributed by atoms with E-state index in [0.717, 1.165) is 0 Å². The van der Waals surface area contributed by atoms with Crippen LogP contribution in [0.15, 0.2) is 54.6 Å². The highest BCUT2D eigenvalue weighted by Gasteiger charge is 2.18. The van der Waals surface area contributed by atoms with E-state index >= 15 is 0 Å². The molecule has 0 saturated heterocycles. The Bertz CT molecular complexity index is 681. The number of hydrogen-bond donors (Lipinski definition) is 2. The van der Waals surface area contributed by atoms with Gasteiger partial charge in [-0.05, 0) is 49.2 Å². The minimum atomic E-state index is -0.991. The maximum absolute atomic E-state index is 11.3. The molecular formula is C19H20O6. The summed E-state index contributed by atoms with van der Waals surface area (Å²) in [6.07, 6.45) is 0.977. The Kier molecular flexibility index (Phi) is 6.83. The van der Waals surface area contributed by atoms with Gasteiger partial charge in [-0.1, -0.05) is 18.2 Å². The fourth-order valence-corrected chi connectivity index (χ4v) is 2.21. The maximum atomic E-state index is 11.3. The van der Waals surface area contributed by atoms with Gasteiger partial charge in [-0.15, -0.1) is 0 Å². The molecule has 0 aliphatic heterocycles. The van der Waals surface area contributed by atoms with Gasteiger partial charge in [0, 0.05) is 0 Å². The average molecular weight is 344 g/mol. The van der Waals surface area contributed by atoms with Crippen LogP contribution in [0.4, 0.5) is 0 Å². The Labute approximate surface area is 145 Å². The summed E-state index contributed by atoms with van der Waals surface area (Å²) in [7, 11) is 0. The van der Waals surface area contributed by atoms with Gasteiger partial charge in [-0.2, -0.15) is 0 Å². The van der Waals surface area contributed by atoms with Gasteiger partial charge in [0.05, 0.1) is 18.1 Å². The van der Waals surface area contributed by atoms with Crippen LogP contribution in [0.1, 0.15) is 23.2 Å². The number of carboxylic acid groups (broad SMARTS) is 2. The van der Waals surface area contributed by atoms with Crippen molar-refractivity contribution < 1.29 is 29.3 Å². The van der Waals surface area contributed by atoms with Crippen LogP contribution in [-0.2, 0) is 4.79 Å². The monoisotopic (exact) mass is 344 g/mol. The second-order valence-corrected chi connectivity index (χ2v) is 5.48. The third-order valence-corrected chi connectivity index (χ3v) is 3.61. The van der Waals surface area contributed by atoms with Crippen molar-refractivity contribution in [3.8, 4) is 11.5 Å². The molecule has 1 unspecified atom stereocenters. The van der Waals surface area contributed by atoms with E-state index in [4.69, 9.17) is 14.6 Å². The summed E-state index contributed by atoms with van der Waals surface area (Å²) < 4.78 is 11.0. The molecule has 2 aromatic rings. The first kappa shape index (κ1) is 18.3. The van der Waals surface area contributed by atoms with E-state index in [2.05, 4.69) is 0 Å². The van der Waals surface area contributed by atoms with Gasteiger partial charge in [0.1, 0.15) is 18.1 Å². The highest BCUT2D eigenvalue weighted by atomic mass is 16.5. The molecule has 0 aliphatic carbocycles. The zero-order valence-electron chi connectivity index (χ0n) is 13.6. The second kappa shape index (κ2) is 9.32. The average Bonchev–Trinajstić information content (AvgIpc) is 2.62. The SMILES string of the molecule is O=C(O)c1ccc(OCCCC(COc2ccccc2)C(=O)O)cc1. The van der Waals surface area contributed by atoms with Gasteiger partial charge in [0.25, 0.3) is 0 Å². The number of para-hydroxylation sites is 1. The van der Waals surface area contributed by atoms with Crippen molar-refractivity contribution in [2.24, 2.45) is 5.92 Å². The molecule has 0 radical (unpaired) electrons. The fraction of sp³-hybridized carbons (Fsp3) is 0.263. The molecular weight excluding hydrogens is 324 g/mol. The Hall–Kier alpha value is -3.02. The van der Waals surface area contributed by atoms with E-state index in [-0.39, 0.29) is 12.2 Å². The van der Waals surface area contributed by atoms with Gasteiger partial charge >= 0.3 is 11.9 Å². The third kappa shape index (κ3) is 6.18. The molecule has 0 saturated carbocycles. The number of benzene rings is 2. The van der Waals surface area contributed by atoms with E-state index in [0.29, 0.717) is 30.9 Å². The van der Waals surface area contributed by atoms with Crippen molar-refractivity contribution in [2.75, 3.05) is 13.2 Å². The zero-order chi connectivity index (χ0) is 18.1. The van der Waals surface area contributed by atoms with Crippen LogP contribution in [0.25, 0.3) is 0 Å². The lowest BCUT2D eigenvalue weighted by Crippen LogP contribution is -2.22. The van der Waals surface area contributed by atoms with Crippen molar-refractivity contribution in [1.29, 1.82) is 0 Å². The molecule has 0 aliphatic rings. The van der Waals surface area contributed by atoms with Gasteiger partial charge < -0.3 is 19.7 Å². The van der Waals surface area contributed by atoms with Crippen LogP contribution in [0.2, 0.25) is 0 Å². The minimum Gasteiger partial charge on any atom is -0.494 e. The van der Waals surface area contributed by atoms with E-state index in [1.165, 1.54) is 12.1 Å². The molecule has 0 aromatic heterocycles. The van der Waals surface area contributed by atoms with E-state index in [1.807, 2.05) is 18.2 Å². The first-order valence-electron chi connectivity index (χ1n) is 7.93. The molecule has 2 rings (SSSR count). The highest BCUT2D eigenvalue weighted by Crippen LogP contribution is 2.15. The standard InChI is InChI=1S/C19H20O6/c20-18(21)14-8-10-17(11-9-14)24-12-4-5-15(19(22)23)13-25-16-6-2-1-3-7-16/h1-3,6-11,15H,4-5,12-13H2,(H,20,21)(H,22,23). The van der Waals surface area contributed by atoms with E-state index < -0.39 is 17.9 Å². The van der Waals surface area contributed by atoms with Crippen LogP contribution in [-0.4, -0.2) is 35.4 Å². The van der Waals surface area contributed by atoms with Crippen LogP contribution >= 0.6 is 0 Å². The summed E-state index contributed by atoms with van der Waals surface area (Å²) >= 11 is 0. The number of aliphatic carboxylic acids is 1. The van der Waals surface area contributed by atoms with Crippen molar-refractivity contribution in [3.05, 3.63) is 60.2 Å². The predicted molar refractivity (Wildman–Crippen MR) is 91.2 cm³/mol. The molecule has 2 N–H and O–H groups in total. The van der Waals surface area contributed by atoms with Crippen molar-refractivity contribution in [2.45, 2.75) is 12.8 Å². The molecule has 6 nitrogen and oxygen atoms in total. The summed E-state index contributed by atoms with van der Waals surface area (Å²) in [5.74, 6) is -1.31. The van der Waals surface area contributed by atoms with Gasteiger partial charge in [0.2, 0.25) is 0 Å². The lowest BCUT2D eigenvalue weighted by Gasteiger charge is -2.14. The zero-order valence-corrected chi connectivity index (χ0v) is 13.6. The van der Waals surface area contributed by atoms with Crippen LogP contribution in [0, 0.1) is 5.92 Å². The summed E-state index contributed by atoms with van der Waals surface area (Å²) in [5.41, 5.74) is 0.191. The normalized spacial score (nSPS) is 11.5. The number of ether oxygens (including phenoxy) is 2. The summed E-state index contributed by atoms with van der Waals surface area (Å²) in [6, 6.07) is 15.2. The topological polar surface area (TPSA) is 93.1 Å². The van der Waals surface area contributed by atoms with Crippen molar-refractivity contribution in [1.82, 2.24) is 0 Å². The molecule has 132 valence electrons. The number of rotatable bonds is 10. The van der Waals surface area contributed by atoms with Gasteiger partial charge in [-0.3, -0.25) is 4.79 Å². The largest absolute Gasteiger partial charge is 0.494 e. The lowest BCUT2D eigenvalue weighted by atomic mass is 10.1. The molecule has 0 fully saturated rings. The first-order valence-corrected chi connectivity index (χ1v) is 7.93. The van der Waals surface area contributed by atoms with Crippen molar-refractivity contribution >= 4 is 11.9 Å². The van der Waals surface area contributed by atoms with Crippen LogP contribution in [0.5, 0.6) is 11.5 Å². The quantitative estimate of drug-likeness (QED) is 0.642.